The summed E-state index contributed by atoms with van der Waals surface area (Å²) in [5.41, 5.74) is 2.91. The number of anilines is 1. The van der Waals surface area contributed by atoms with E-state index in [2.05, 4.69) is 29.8 Å². The van der Waals surface area contributed by atoms with E-state index < -0.39 is 11.7 Å². The van der Waals surface area contributed by atoms with Crippen LogP contribution in [0.5, 0.6) is 11.5 Å². The Hall–Kier alpha value is -4.14. The number of aromatic nitrogens is 1. The predicted octanol–water partition coefficient (Wildman–Crippen LogP) is 6.57. The quantitative estimate of drug-likeness (QED) is 0.243. The van der Waals surface area contributed by atoms with Gasteiger partial charge in [-0.3, -0.25) is 4.79 Å². The highest BCUT2D eigenvalue weighted by molar-refractivity contribution is 5.87. The molecule has 1 saturated heterocycles. The number of rotatable bonds is 8. The lowest BCUT2D eigenvalue weighted by molar-refractivity contribution is -0.137. The van der Waals surface area contributed by atoms with E-state index in [0.717, 1.165) is 34.6 Å². The van der Waals surface area contributed by atoms with Crippen molar-refractivity contribution in [3.8, 4) is 11.5 Å². The lowest BCUT2D eigenvalue weighted by Gasteiger charge is -2.37. The molecule has 0 saturated carbocycles. The number of methoxy groups -OCH3 is 2. The number of hydrogen-bond donors (Lipinski definition) is 0. The van der Waals surface area contributed by atoms with Crippen LogP contribution in [0, 0.1) is 0 Å². The number of piperazine rings is 1. The van der Waals surface area contributed by atoms with Crippen LogP contribution in [0.1, 0.15) is 36.0 Å². The fourth-order valence-electron chi connectivity index (χ4n) is 5.65. The van der Waals surface area contributed by atoms with Gasteiger partial charge in [-0.1, -0.05) is 24.3 Å². The van der Waals surface area contributed by atoms with E-state index in [1.165, 1.54) is 12.1 Å². The summed E-state index contributed by atoms with van der Waals surface area (Å²) in [7, 11) is 3.21. The molecule has 3 aromatic carbocycles. The van der Waals surface area contributed by atoms with Crippen LogP contribution in [-0.4, -0.2) is 55.8 Å². The topological polar surface area (TPSA) is 46.9 Å². The van der Waals surface area contributed by atoms with Crippen LogP contribution in [0.15, 0.2) is 72.9 Å². The van der Waals surface area contributed by atoms with Crippen molar-refractivity contribution in [1.82, 2.24) is 9.47 Å². The average molecular weight is 566 g/mol. The summed E-state index contributed by atoms with van der Waals surface area (Å²) in [6.07, 6.45) is -2.04. The zero-order valence-electron chi connectivity index (χ0n) is 23.4. The molecule has 6 nitrogen and oxygen atoms in total. The van der Waals surface area contributed by atoms with E-state index in [-0.39, 0.29) is 18.2 Å². The highest BCUT2D eigenvalue weighted by atomic mass is 19.4. The van der Waals surface area contributed by atoms with Gasteiger partial charge in [0.1, 0.15) is 11.5 Å². The number of benzene rings is 3. The maximum absolute atomic E-state index is 13.8. The van der Waals surface area contributed by atoms with Crippen molar-refractivity contribution in [1.29, 1.82) is 0 Å². The first-order valence-corrected chi connectivity index (χ1v) is 13.7. The first-order chi connectivity index (χ1) is 19.7. The summed E-state index contributed by atoms with van der Waals surface area (Å²) in [4.78, 5) is 17.5. The number of nitrogens with zero attached hydrogens (tertiary/aromatic N) is 3. The van der Waals surface area contributed by atoms with Crippen LogP contribution in [0.2, 0.25) is 0 Å². The van der Waals surface area contributed by atoms with Gasteiger partial charge < -0.3 is 23.8 Å². The third kappa shape index (κ3) is 5.99. The smallest absolute Gasteiger partial charge is 0.416 e. The van der Waals surface area contributed by atoms with Crippen molar-refractivity contribution >= 4 is 22.5 Å². The van der Waals surface area contributed by atoms with Crippen molar-refractivity contribution in [3.05, 3.63) is 89.6 Å². The van der Waals surface area contributed by atoms with Gasteiger partial charge in [0.15, 0.2) is 0 Å². The second-order valence-electron chi connectivity index (χ2n) is 10.2. The van der Waals surface area contributed by atoms with Crippen LogP contribution < -0.4 is 14.4 Å². The highest BCUT2D eigenvalue weighted by Gasteiger charge is 2.32. The van der Waals surface area contributed by atoms with Crippen LogP contribution in [0.4, 0.5) is 18.9 Å². The molecule has 0 aliphatic carbocycles. The number of aryl methyl sites for hydroxylation is 1. The van der Waals surface area contributed by atoms with Crippen molar-refractivity contribution < 1.29 is 27.4 Å². The molecule has 4 aromatic rings. The van der Waals surface area contributed by atoms with Crippen molar-refractivity contribution in [2.45, 2.75) is 32.0 Å². The molecule has 1 aliphatic rings. The SMILES string of the molecule is CCn1cc(C(CC(=O)N2CCN(c3cccc(C(F)(F)F)c3)CC2)c2cc(OC)cc(OC)c2)c2ccccc21. The Morgan fingerprint density at radius 1 is 0.902 bits per heavy atom. The van der Waals surface area contributed by atoms with Crippen LogP contribution in [-0.2, 0) is 17.5 Å². The first-order valence-electron chi connectivity index (χ1n) is 13.7. The van der Waals surface area contributed by atoms with E-state index in [0.29, 0.717) is 43.4 Å². The number of halogens is 3. The molecule has 1 fully saturated rings. The van der Waals surface area contributed by atoms with E-state index in [4.69, 9.17) is 9.47 Å². The zero-order chi connectivity index (χ0) is 29.1. The molecular formula is C32H34F3N3O3. The number of para-hydroxylation sites is 1. The average Bonchev–Trinajstić information content (AvgIpc) is 3.37. The lowest BCUT2D eigenvalue weighted by Crippen LogP contribution is -2.49. The van der Waals surface area contributed by atoms with E-state index in [1.807, 2.05) is 40.1 Å². The Kier molecular flexibility index (Phi) is 8.15. The number of hydrogen-bond acceptors (Lipinski definition) is 4. The third-order valence-corrected chi connectivity index (χ3v) is 7.86. The van der Waals surface area contributed by atoms with Gasteiger partial charge >= 0.3 is 6.18 Å². The zero-order valence-corrected chi connectivity index (χ0v) is 23.4. The molecule has 2 heterocycles. The van der Waals surface area contributed by atoms with Crippen LogP contribution >= 0.6 is 0 Å². The molecule has 5 rings (SSSR count). The molecule has 0 bridgehead atoms. The molecular weight excluding hydrogens is 531 g/mol. The Morgan fingerprint density at radius 3 is 2.22 bits per heavy atom. The molecule has 1 atom stereocenters. The molecule has 216 valence electrons. The summed E-state index contributed by atoms with van der Waals surface area (Å²) in [5.74, 6) is 1.02. The first kappa shape index (κ1) is 28.4. The number of carbonyl (C=O) groups excluding carboxylic acids is 1. The molecule has 41 heavy (non-hydrogen) atoms. The minimum atomic E-state index is -4.40. The van der Waals surface area contributed by atoms with Gasteiger partial charge in [0, 0.05) is 73.9 Å². The van der Waals surface area contributed by atoms with E-state index in [9.17, 15) is 18.0 Å². The minimum Gasteiger partial charge on any atom is -0.497 e. The molecule has 1 aliphatic heterocycles. The normalized spacial score (nSPS) is 14.8. The Labute approximate surface area is 237 Å². The summed E-state index contributed by atoms with van der Waals surface area (Å²) in [6.45, 7) is 4.66. The second-order valence-corrected chi connectivity index (χ2v) is 10.2. The number of amides is 1. The number of ether oxygens (including phenoxy) is 2. The third-order valence-electron chi connectivity index (χ3n) is 7.86. The number of carbonyl (C=O) groups is 1. The summed E-state index contributed by atoms with van der Waals surface area (Å²) >= 11 is 0. The van der Waals surface area contributed by atoms with Crippen molar-refractivity contribution in [3.63, 3.8) is 0 Å². The Balaban J connectivity index is 1.41. The fraction of sp³-hybridized carbons (Fsp3) is 0.344. The van der Waals surface area contributed by atoms with Crippen LogP contribution in [0.3, 0.4) is 0 Å². The molecule has 9 heteroatoms. The van der Waals surface area contributed by atoms with Gasteiger partial charge in [0.05, 0.1) is 19.8 Å². The maximum atomic E-state index is 13.8. The van der Waals surface area contributed by atoms with Gasteiger partial charge in [-0.2, -0.15) is 13.2 Å². The lowest BCUT2D eigenvalue weighted by atomic mass is 9.87. The van der Waals surface area contributed by atoms with Gasteiger partial charge in [-0.15, -0.1) is 0 Å². The summed E-state index contributed by atoms with van der Waals surface area (Å²) < 4.78 is 53.0. The van der Waals surface area contributed by atoms with E-state index in [1.54, 1.807) is 20.3 Å². The molecule has 0 N–H and O–H groups in total. The van der Waals surface area contributed by atoms with Crippen molar-refractivity contribution in [2.75, 3.05) is 45.3 Å². The molecule has 1 amide bonds. The summed E-state index contributed by atoms with van der Waals surface area (Å²) in [5, 5.41) is 1.09. The molecule has 0 spiro atoms. The Bertz CT molecular complexity index is 1500. The minimum absolute atomic E-state index is 0.00573. The van der Waals surface area contributed by atoms with Gasteiger partial charge in [0.2, 0.25) is 5.91 Å². The number of alkyl halides is 3. The van der Waals surface area contributed by atoms with Gasteiger partial charge in [-0.05, 0) is 54.4 Å². The Morgan fingerprint density at radius 2 is 1.59 bits per heavy atom. The predicted molar refractivity (Wildman–Crippen MR) is 154 cm³/mol. The summed E-state index contributed by atoms with van der Waals surface area (Å²) in [6, 6.07) is 19.2. The monoisotopic (exact) mass is 565 g/mol. The van der Waals surface area contributed by atoms with Gasteiger partial charge in [-0.25, -0.2) is 0 Å². The van der Waals surface area contributed by atoms with Crippen molar-refractivity contribution in [2.24, 2.45) is 0 Å². The largest absolute Gasteiger partial charge is 0.497 e. The standard InChI is InChI=1S/C32H34F3N3O3/c1-4-36-21-29(27-10-5-6-11-30(27)36)28(22-16-25(40-2)19-26(17-22)41-3)20-31(39)38-14-12-37(13-15-38)24-9-7-8-23(18-24)32(33,34)35/h5-11,16-19,21,28H,4,12-15,20H2,1-3H3. The highest BCUT2D eigenvalue weighted by Crippen LogP contribution is 2.38. The maximum Gasteiger partial charge on any atom is 0.416 e. The molecule has 1 unspecified atom stereocenters. The molecule has 0 radical (unpaired) electrons. The van der Waals surface area contributed by atoms with Crippen LogP contribution in [0.25, 0.3) is 10.9 Å². The molecule has 1 aromatic heterocycles. The van der Waals surface area contributed by atoms with Gasteiger partial charge in [0.25, 0.3) is 0 Å². The fourth-order valence-corrected chi connectivity index (χ4v) is 5.65. The number of fused-ring (bicyclic) bond motifs is 1. The second kappa shape index (κ2) is 11.8. The van der Waals surface area contributed by atoms with E-state index >= 15 is 0 Å².